The third kappa shape index (κ3) is 3.51. The van der Waals surface area contributed by atoms with E-state index in [9.17, 15) is 20.1 Å². The van der Waals surface area contributed by atoms with E-state index >= 15 is 0 Å². The number of aliphatic carboxylic acids is 1. The maximum Gasteiger partial charge on any atom is 0.321 e. The van der Waals surface area contributed by atoms with Crippen LogP contribution in [0.15, 0.2) is 30.7 Å². The number of H-pyrrole nitrogens is 1. The smallest absolute Gasteiger partial charge is 0.321 e. The first-order chi connectivity index (χ1) is 9.99. The molecule has 7 heteroatoms. The minimum Gasteiger partial charge on any atom is -0.507 e. The van der Waals surface area contributed by atoms with Crippen LogP contribution in [0.4, 0.5) is 0 Å². The quantitative estimate of drug-likeness (QED) is 0.545. The predicted octanol–water partition coefficient (Wildman–Crippen LogP) is 1.17. The average Bonchev–Trinajstić information content (AvgIpc) is 2.90. The monoisotopic (exact) mass is 291 g/mol. The van der Waals surface area contributed by atoms with Crippen molar-refractivity contribution in [1.29, 1.82) is 0 Å². The lowest BCUT2D eigenvalue weighted by Gasteiger charge is -2.21. The molecule has 21 heavy (non-hydrogen) atoms. The van der Waals surface area contributed by atoms with Gasteiger partial charge in [-0.2, -0.15) is 0 Å². The Bertz CT molecular complexity index is 592. The summed E-state index contributed by atoms with van der Waals surface area (Å²) in [5.41, 5.74) is 0.884. The number of benzene rings is 1. The summed E-state index contributed by atoms with van der Waals surface area (Å²) in [6.07, 6.45) is 3.30. The summed E-state index contributed by atoms with van der Waals surface area (Å²) in [5.74, 6) is -1.20. The van der Waals surface area contributed by atoms with Crippen molar-refractivity contribution in [2.24, 2.45) is 0 Å². The minimum absolute atomic E-state index is 0.0843. The molecule has 2 atom stereocenters. The number of phenolic OH excluding ortho intramolecular Hbond substituents is 2. The molecule has 1 heterocycles. The number of hydrogen-bond acceptors (Lipinski definition) is 5. The summed E-state index contributed by atoms with van der Waals surface area (Å²) < 4.78 is 0. The first-order valence-corrected chi connectivity index (χ1v) is 6.46. The van der Waals surface area contributed by atoms with Crippen LogP contribution < -0.4 is 5.32 Å². The summed E-state index contributed by atoms with van der Waals surface area (Å²) >= 11 is 0. The number of aromatic hydroxyl groups is 2. The predicted molar refractivity (Wildman–Crippen MR) is 75.0 cm³/mol. The summed E-state index contributed by atoms with van der Waals surface area (Å²) in [7, 11) is 0. The Hall–Kier alpha value is -2.54. The molecule has 2 unspecified atom stereocenters. The Morgan fingerprint density at radius 1 is 1.38 bits per heavy atom. The third-order valence-electron chi connectivity index (χ3n) is 3.21. The minimum atomic E-state index is -1.03. The number of nitrogens with zero attached hydrogens (tertiary/aromatic N) is 1. The molecule has 112 valence electrons. The number of hydrogen-bond donors (Lipinski definition) is 5. The fourth-order valence-electron chi connectivity index (χ4n) is 2.20. The lowest BCUT2D eigenvalue weighted by atomic mass is 10.0. The van der Waals surface area contributed by atoms with E-state index in [4.69, 9.17) is 0 Å². The van der Waals surface area contributed by atoms with Gasteiger partial charge in [0.05, 0.1) is 17.6 Å². The third-order valence-corrected chi connectivity index (χ3v) is 3.21. The number of carboxylic acids is 1. The van der Waals surface area contributed by atoms with E-state index in [-0.39, 0.29) is 23.5 Å². The van der Waals surface area contributed by atoms with Gasteiger partial charge in [0.1, 0.15) is 17.5 Å². The van der Waals surface area contributed by atoms with Crippen LogP contribution in [-0.4, -0.2) is 37.3 Å². The van der Waals surface area contributed by atoms with Crippen LogP contribution in [0.3, 0.4) is 0 Å². The lowest BCUT2D eigenvalue weighted by Crippen LogP contribution is -2.40. The normalized spacial score (nSPS) is 13.8. The van der Waals surface area contributed by atoms with Crippen LogP contribution in [0.25, 0.3) is 0 Å². The number of carboxylic acid groups (broad SMARTS) is 1. The fourth-order valence-corrected chi connectivity index (χ4v) is 2.20. The maximum absolute atomic E-state index is 11.3. The van der Waals surface area contributed by atoms with Gasteiger partial charge in [-0.1, -0.05) is 6.07 Å². The summed E-state index contributed by atoms with van der Waals surface area (Å²) in [4.78, 5) is 18.1. The maximum atomic E-state index is 11.3. The van der Waals surface area contributed by atoms with Gasteiger partial charge in [-0.05, 0) is 19.1 Å². The molecule has 0 aliphatic heterocycles. The Morgan fingerprint density at radius 3 is 2.57 bits per heavy atom. The molecule has 2 rings (SSSR count). The van der Waals surface area contributed by atoms with Gasteiger partial charge in [0.2, 0.25) is 0 Å². The van der Waals surface area contributed by atoms with Crippen LogP contribution in [0, 0.1) is 0 Å². The highest BCUT2D eigenvalue weighted by molar-refractivity contribution is 5.74. The van der Waals surface area contributed by atoms with Crippen LogP contribution in [0.5, 0.6) is 11.5 Å². The Kier molecular flexibility index (Phi) is 4.44. The molecule has 7 nitrogen and oxygen atoms in total. The number of aromatic nitrogens is 2. The van der Waals surface area contributed by atoms with Gasteiger partial charge in [0.25, 0.3) is 0 Å². The van der Waals surface area contributed by atoms with E-state index in [1.54, 1.807) is 13.1 Å². The summed E-state index contributed by atoms with van der Waals surface area (Å²) in [5, 5.41) is 31.8. The van der Waals surface area contributed by atoms with Gasteiger partial charge in [-0.15, -0.1) is 0 Å². The Morgan fingerprint density at radius 2 is 2.05 bits per heavy atom. The van der Waals surface area contributed by atoms with Crippen molar-refractivity contribution < 1.29 is 20.1 Å². The summed E-state index contributed by atoms with van der Waals surface area (Å²) in [6, 6.07) is 2.97. The molecular weight excluding hydrogens is 274 g/mol. The van der Waals surface area contributed by atoms with Gasteiger partial charge >= 0.3 is 5.97 Å². The first-order valence-electron chi connectivity index (χ1n) is 6.46. The molecule has 1 aromatic heterocycles. The highest BCUT2D eigenvalue weighted by Crippen LogP contribution is 2.32. The highest BCUT2D eigenvalue weighted by atomic mass is 16.4. The number of phenols is 2. The number of aromatic amines is 1. The molecule has 0 amide bonds. The molecular formula is C14H17N3O4. The van der Waals surface area contributed by atoms with Crippen LogP contribution in [0.1, 0.15) is 24.2 Å². The SMILES string of the molecule is CC(NC(Cc1c[nH]cn1)C(=O)O)c1c(O)cccc1O. The molecule has 5 N–H and O–H groups in total. The van der Waals surface area contributed by atoms with Crippen molar-refractivity contribution in [3.8, 4) is 11.5 Å². The van der Waals surface area contributed by atoms with Gasteiger partial charge in [-0.25, -0.2) is 4.98 Å². The van der Waals surface area contributed by atoms with Crippen LogP contribution in [-0.2, 0) is 11.2 Å². The number of nitrogens with one attached hydrogen (secondary N) is 2. The molecule has 2 aromatic rings. The molecule has 0 bridgehead atoms. The zero-order valence-corrected chi connectivity index (χ0v) is 11.4. The van der Waals surface area contributed by atoms with Gasteiger partial charge in [0, 0.05) is 18.7 Å². The van der Waals surface area contributed by atoms with Crippen molar-refractivity contribution in [1.82, 2.24) is 15.3 Å². The number of carbonyl (C=O) groups is 1. The van der Waals surface area contributed by atoms with Gasteiger partial charge in [-0.3, -0.25) is 10.1 Å². The van der Waals surface area contributed by atoms with E-state index in [0.717, 1.165) is 0 Å². The molecule has 0 spiro atoms. The Labute approximate surface area is 121 Å². The van der Waals surface area contributed by atoms with Crippen LogP contribution >= 0.6 is 0 Å². The largest absolute Gasteiger partial charge is 0.507 e. The number of imidazole rings is 1. The fraction of sp³-hybridized carbons (Fsp3) is 0.286. The summed E-state index contributed by atoms with van der Waals surface area (Å²) in [6.45, 7) is 1.68. The molecule has 0 radical (unpaired) electrons. The topological polar surface area (TPSA) is 118 Å². The van der Waals surface area contributed by atoms with E-state index in [2.05, 4.69) is 15.3 Å². The second-order valence-electron chi connectivity index (χ2n) is 4.75. The molecule has 0 saturated carbocycles. The van der Waals surface area contributed by atoms with E-state index in [0.29, 0.717) is 5.69 Å². The molecule has 0 saturated heterocycles. The second kappa shape index (κ2) is 6.27. The van der Waals surface area contributed by atoms with E-state index in [1.807, 2.05) is 0 Å². The molecule has 0 aliphatic rings. The van der Waals surface area contributed by atoms with Gasteiger partial charge < -0.3 is 20.3 Å². The lowest BCUT2D eigenvalue weighted by molar-refractivity contribution is -0.139. The van der Waals surface area contributed by atoms with Crippen molar-refractivity contribution in [3.05, 3.63) is 42.0 Å². The molecule has 0 fully saturated rings. The van der Waals surface area contributed by atoms with Crippen molar-refractivity contribution in [3.63, 3.8) is 0 Å². The average molecular weight is 291 g/mol. The molecule has 1 aromatic carbocycles. The van der Waals surface area contributed by atoms with Crippen molar-refractivity contribution in [2.75, 3.05) is 0 Å². The zero-order chi connectivity index (χ0) is 15.4. The standard InChI is InChI=1S/C14H17N3O4/c1-8(13-11(18)3-2-4-12(13)19)17-10(14(20)21)5-9-6-15-7-16-9/h2-4,6-8,10,17-19H,5H2,1H3,(H,15,16)(H,20,21). The van der Waals surface area contributed by atoms with E-state index in [1.165, 1.54) is 24.5 Å². The number of rotatable bonds is 6. The van der Waals surface area contributed by atoms with Crippen molar-refractivity contribution >= 4 is 5.97 Å². The second-order valence-corrected chi connectivity index (χ2v) is 4.75. The van der Waals surface area contributed by atoms with Gasteiger partial charge in [0.15, 0.2) is 0 Å². The first kappa shape index (κ1) is 14.9. The zero-order valence-electron chi connectivity index (χ0n) is 11.4. The highest BCUT2D eigenvalue weighted by Gasteiger charge is 2.24. The molecule has 0 aliphatic carbocycles. The van der Waals surface area contributed by atoms with Crippen molar-refractivity contribution in [2.45, 2.75) is 25.4 Å². The van der Waals surface area contributed by atoms with Crippen LogP contribution in [0.2, 0.25) is 0 Å². The van der Waals surface area contributed by atoms with E-state index < -0.39 is 18.1 Å². The Balaban J connectivity index is 2.15.